The number of halogens is 1. The lowest BCUT2D eigenvalue weighted by Gasteiger charge is -2.56. The molecule has 1 N–H and O–H groups in total. The molecule has 6 atom stereocenters. The van der Waals surface area contributed by atoms with Crippen molar-refractivity contribution in [1.29, 1.82) is 0 Å². The number of carbonyl (C=O) groups excluding carboxylic acids is 1. The van der Waals surface area contributed by atoms with E-state index in [2.05, 4.69) is 19.9 Å². The number of benzene rings is 1. The first-order valence-corrected chi connectivity index (χ1v) is 11.2. The SMILES string of the molecule is C[C@@]12CC[C@@H]3[C@H](CC=C4C[C@@H](O)CC[C@@]43C)[C@H]1C/C(=C\c1ccc(F)cc1)C2=O. The van der Waals surface area contributed by atoms with Gasteiger partial charge in [-0.05, 0) is 97.5 Å². The van der Waals surface area contributed by atoms with Gasteiger partial charge in [-0.3, -0.25) is 4.79 Å². The number of aliphatic hydroxyl groups excluding tert-OH is 1. The number of Topliss-reactive ketones (excluding diaryl/α,β-unsaturated/α-hetero) is 1. The smallest absolute Gasteiger partial charge is 0.165 e. The zero-order valence-corrected chi connectivity index (χ0v) is 17.5. The molecule has 0 unspecified atom stereocenters. The highest BCUT2D eigenvalue weighted by molar-refractivity contribution is 6.05. The largest absolute Gasteiger partial charge is 0.393 e. The Morgan fingerprint density at radius 2 is 1.76 bits per heavy atom. The number of rotatable bonds is 1. The Balaban J connectivity index is 1.47. The third kappa shape index (κ3) is 2.88. The van der Waals surface area contributed by atoms with Gasteiger partial charge in [0.25, 0.3) is 0 Å². The van der Waals surface area contributed by atoms with Crippen LogP contribution in [0.15, 0.2) is 41.5 Å². The molecule has 5 rings (SSSR count). The quantitative estimate of drug-likeness (QED) is 0.489. The summed E-state index contributed by atoms with van der Waals surface area (Å²) in [4.78, 5) is 13.4. The van der Waals surface area contributed by atoms with Crippen LogP contribution < -0.4 is 0 Å². The van der Waals surface area contributed by atoms with Gasteiger partial charge in [0.05, 0.1) is 6.10 Å². The minimum absolute atomic E-state index is 0.182. The summed E-state index contributed by atoms with van der Waals surface area (Å²) < 4.78 is 13.3. The number of allylic oxidation sites excluding steroid dienone is 2. The summed E-state index contributed by atoms with van der Waals surface area (Å²) in [5.41, 5.74) is 3.22. The Bertz CT molecular complexity index is 898. The van der Waals surface area contributed by atoms with Crippen LogP contribution >= 0.6 is 0 Å². The minimum atomic E-state index is -0.261. The molecule has 3 fully saturated rings. The van der Waals surface area contributed by atoms with Crippen LogP contribution in [0.5, 0.6) is 0 Å². The van der Waals surface area contributed by atoms with E-state index in [0.717, 1.165) is 56.1 Å². The normalized spacial score (nSPS) is 42.8. The lowest BCUT2D eigenvalue weighted by Crippen LogP contribution is -2.50. The Labute approximate surface area is 172 Å². The van der Waals surface area contributed by atoms with Crippen molar-refractivity contribution in [3.8, 4) is 0 Å². The fourth-order valence-electron chi connectivity index (χ4n) is 7.20. The van der Waals surface area contributed by atoms with Crippen molar-refractivity contribution >= 4 is 11.9 Å². The summed E-state index contributed by atoms with van der Waals surface area (Å²) >= 11 is 0. The van der Waals surface area contributed by atoms with Crippen molar-refractivity contribution < 1.29 is 14.3 Å². The molecule has 1 aromatic carbocycles. The zero-order chi connectivity index (χ0) is 20.4. The van der Waals surface area contributed by atoms with E-state index in [-0.39, 0.29) is 22.8 Å². The molecule has 2 nitrogen and oxygen atoms in total. The van der Waals surface area contributed by atoms with E-state index in [1.807, 2.05) is 6.08 Å². The fraction of sp³-hybridized carbons (Fsp3) is 0.577. The van der Waals surface area contributed by atoms with Gasteiger partial charge in [-0.25, -0.2) is 4.39 Å². The summed E-state index contributed by atoms with van der Waals surface area (Å²) in [7, 11) is 0. The van der Waals surface area contributed by atoms with E-state index in [4.69, 9.17) is 0 Å². The topological polar surface area (TPSA) is 37.3 Å². The van der Waals surface area contributed by atoms with Gasteiger partial charge in [0, 0.05) is 5.41 Å². The number of aliphatic hydroxyl groups is 1. The van der Waals surface area contributed by atoms with Crippen molar-refractivity contribution in [2.75, 3.05) is 0 Å². The van der Waals surface area contributed by atoms with Crippen molar-refractivity contribution in [3.63, 3.8) is 0 Å². The van der Waals surface area contributed by atoms with Crippen LogP contribution in [-0.4, -0.2) is 17.0 Å². The van der Waals surface area contributed by atoms with Crippen LogP contribution in [0.2, 0.25) is 0 Å². The van der Waals surface area contributed by atoms with Crippen LogP contribution in [0.1, 0.15) is 64.4 Å². The second-order valence-electron chi connectivity index (χ2n) is 10.4. The number of hydrogen-bond donors (Lipinski definition) is 1. The monoisotopic (exact) mass is 394 g/mol. The van der Waals surface area contributed by atoms with E-state index in [9.17, 15) is 14.3 Å². The molecule has 3 heteroatoms. The standard InChI is InChI=1S/C26H31FO2/c1-25-11-9-20(28)15-18(25)5-8-21-22(25)10-12-26(2)23(21)14-17(24(26)29)13-16-3-6-19(27)7-4-16/h3-7,13,20-23,28H,8-12,14-15H2,1-2H3/b17-13+/t20-,21-,22+,23+,25-,26+/m0/s1. The molecular formula is C26H31FO2. The van der Waals surface area contributed by atoms with Gasteiger partial charge in [-0.15, -0.1) is 0 Å². The molecule has 0 bridgehead atoms. The maximum absolute atomic E-state index is 13.4. The molecule has 0 aromatic heterocycles. The number of ketones is 1. The van der Waals surface area contributed by atoms with Gasteiger partial charge in [-0.1, -0.05) is 37.6 Å². The predicted octanol–water partition coefficient (Wildman–Crippen LogP) is 5.71. The Kier molecular flexibility index (Phi) is 4.40. The Hall–Kier alpha value is -1.74. The molecule has 3 saturated carbocycles. The molecule has 0 saturated heterocycles. The van der Waals surface area contributed by atoms with E-state index >= 15 is 0 Å². The average Bonchev–Trinajstić information content (AvgIpc) is 2.95. The van der Waals surface area contributed by atoms with E-state index < -0.39 is 0 Å². The number of carbonyl (C=O) groups is 1. The summed E-state index contributed by atoms with van der Waals surface area (Å²) in [6, 6.07) is 6.43. The first-order valence-electron chi connectivity index (χ1n) is 11.2. The highest BCUT2D eigenvalue weighted by atomic mass is 19.1. The molecule has 0 spiro atoms. The summed E-state index contributed by atoms with van der Waals surface area (Å²) in [5.74, 6) is 1.61. The minimum Gasteiger partial charge on any atom is -0.393 e. The number of hydrogen-bond acceptors (Lipinski definition) is 2. The van der Waals surface area contributed by atoms with Crippen molar-refractivity contribution in [3.05, 3.63) is 52.9 Å². The molecular weight excluding hydrogens is 363 g/mol. The molecule has 4 aliphatic carbocycles. The molecule has 0 heterocycles. The zero-order valence-electron chi connectivity index (χ0n) is 17.5. The van der Waals surface area contributed by atoms with Crippen molar-refractivity contribution in [2.45, 2.75) is 64.9 Å². The fourth-order valence-corrected chi connectivity index (χ4v) is 7.20. The Morgan fingerprint density at radius 1 is 1.03 bits per heavy atom. The van der Waals surface area contributed by atoms with Gasteiger partial charge in [0.1, 0.15) is 5.82 Å². The van der Waals surface area contributed by atoms with Crippen LogP contribution in [0.3, 0.4) is 0 Å². The second-order valence-corrected chi connectivity index (χ2v) is 10.4. The van der Waals surface area contributed by atoms with Gasteiger partial charge in [0.15, 0.2) is 5.78 Å². The van der Waals surface area contributed by atoms with Gasteiger partial charge >= 0.3 is 0 Å². The maximum Gasteiger partial charge on any atom is 0.165 e. The third-order valence-electron chi connectivity index (χ3n) is 8.93. The first kappa shape index (κ1) is 19.2. The van der Waals surface area contributed by atoms with Crippen LogP contribution in [0.25, 0.3) is 6.08 Å². The van der Waals surface area contributed by atoms with Gasteiger partial charge in [0.2, 0.25) is 0 Å². The summed E-state index contributed by atoms with van der Waals surface area (Å²) in [5, 5.41) is 10.2. The first-order chi connectivity index (χ1) is 13.8. The van der Waals surface area contributed by atoms with E-state index in [1.54, 1.807) is 12.1 Å². The highest BCUT2D eigenvalue weighted by Gasteiger charge is 2.59. The predicted molar refractivity (Wildman–Crippen MR) is 112 cm³/mol. The molecule has 0 amide bonds. The Morgan fingerprint density at radius 3 is 2.52 bits per heavy atom. The van der Waals surface area contributed by atoms with E-state index in [0.29, 0.717) is 23.5 Å². The van der Waals surface area contributed by atoms with Crippen LogP contribution in [0, 0.1) is 34.4 Å². The molecule has 29 heavy (non-hydrogen) atoms. The molecule has 154 valence electrons. The highest BCUT2D eigenvalue weighted by Crippen LogP contribution is 2.64. The molecule has 0 radical (unpaired) electrons. The summed E-state index contributed by atoms with van der Waals surface area (Å²) in [6.45, 7) is 4.60. The summed E-state index contributed by atoms with van der Waals surface area (Å²) in [6.07, 6.45) is 11.0. The lowest BCUT2D eigenvalue weighted by molar-refractivity contribution is -0.130. The van der Waals surface area contributed by atoms with Crippen molar-refractivity contribution in [2.24, 2.45) is 28.6 Å². The molecule has 1 aromatic rings. The van der Waals surface area contributed by atoms with Gasteiger partial charge < -0.3 is 5.11 Å². The van der Waals surface area contributed by atoms with Crippen LogP contribution in [-0.2, 0) is 4.79 Å². The third-order valence-corrected chi connectivity index (χ3v) is 8.93. The second kappa shape index (κ2) is 6.63. The molecule has 0 aliphatic heterocycles. The average molecular weight is 395 g/mol. The van der Waals surface area contributed by atoms with Crippen molar-refractivity contribution in [1.82, 2.24) is 0 Å². The lowest BCUT2D eigenvalue weighted by atomic mass is 9.48. The van der Waals surface area contributed by atoms with Gasteiger partial charge in [-0.2, -0.15) is 0 Å². The number of fused-ring (bicyclic) bond motifs is 5. The van der Waals surface area contributed by atoms with E-state index in [1.165, 1.54) is 17.7 Å². The van der Waals surface area contributed by atoms with Crippen LogP contribution in [0.4, 0.5) is 4.39 Å². The maximum atomic E-state index is 13.4. The molecule has 4 aliphatic rings.